The summed E-state index contributed by atoms with van der Waals surface area (Å²) in [6.45, 7) is 13.7. The van der Waals surface area contributed by atoms with Gasteiger partial charge in [-0.2, -0.15) is 0 Å². The zero-order valence-corrected chi connectivity index (χ0v) is 30.4. The molecule has 0 saturated carbocycles. The number of methoxy groups -OCH3 is 2. The minimum atomic E-state index is -1.37. The number of ketones is 1. The molecule has 0 amide bonds. The first-order valence-corrected chi connectivity index (χ1v) is 16.5. The fraction of sp³-hybridized carbons (Fsp3) is 0.622. The summed E-state index contributed by atoms with van der Waals surface area (Å²) in [5, 5.41) is 41.4. The molecule has 0 spiro atoms. The smallest absolute Gasteiger partial charge is 0.373 e. The number of hydrogen-bond acceptors (Lipinski definition) is 11. The van der Waals surface area contributed by atoms with Crippen LogP contribution >= 0.6 is 0 Å². The Hall–Kier alpha value is -3.58. The normalized spacial score (nSPS) is 30.4. The van der Waals surface area contributed by atoms with Gasteiger partial charge in [0.2, 0.25) is 5.76 Å². The molecule has 0 aromatic heterocycles. The number of carbonyl (C=O) groups is 4. The summed E-state index contributed by atoms with van der Waals surface area (Å²) >= 11 is 0. The molecule has 4 N–H and O–H groups in total. The van der Waals surface area contributed by atoms with Crippen LogP contribution in [0.25, 0.3) is 0 Å². The number of carboxylic acids is 1. The molecule has 12 nitrogen and oxygen atoms in total. The van der Waals surface area contributed by atoms with Crippen molar-refractivity contribution in [3.8, 4) is 0 Å². The van der Waals surface area contributed by atoms with E-state index in [0.29, 0.717) is 24.1 Å². The van der Waals surface area contributed by atoms with E-state index in [1.54, 1.807) is 32.9 Å². The minimum absolute atomic E-state index is 0.0551. The highest BCUT2D eigenvalue weighted by Gasteiger charge is 2.39. The molecular weight excluding hydrogens is 636 g/mol. The Morgan fingerprint density at radius 1 is 1.06 bits per heavy atom. The van der Waals surface area contributed by atoms with E-state index in [1.165, 1.54) is 34.1 Å². The number of esters is 2. The van der Waals surface area contributed by atoms with E-state index < -0.39 is 78.1 Å². The summed E-state index contributed by atoms with van der Waals surface area (Å²) in [4.78, 5) is 50.0. The predicted molar refractivity (Wildman–Crippen MR) is 183 cm³/mol. The van der Waals surface area contributed by atoms with Crippen molar-refractivity contribution in [2.75, 3.05) is 14.2 Å². The van der Waals surface area contributed by atoms with Crippen LogP contribution in [0.5, 0.6) is 0 Å². The van der Waals surface area contributed by atoms with Gasteiger partial charge in [-0.1, -0.05) is 70.1 Å². The lowest BCUT2D eigenvalue weighted by molar-refractivity contribution is -0.162. The van der Waals surface area contributed by atoms with Crippen molar-refractivity contribution in [2.24, 2.45) is 29.6 Å². The maximum Gasteiger partial charge on any atom is 0.373 e. The molecule has 0 radical (unpaired) electrons. The van der Waals surface area contributed by atoms with Crippen molar-refractivity contribution in [2.45, 2.75) is 105 Å². The van der Waals surface area contributed by atoms with Crippen molar-refractivity contribution in [1.82, 2.24) is 0 Å². The SMILES string of the molecule is CO/C1=C\C(C)=C\[C@@H](C)[C@@H](O)[C@@H](C)C/C(C)=C/C=C/[C@H](OC)[C@@H]([C@@H](C)[C@@H](O)[C@H](C)C(=O)C[C@@H](OC(=O)/C=C/C(=O)O)[C@H](C)[C@@H](C)O)OC1=O. The van der Waals surface area contributed by atoms with Gasteiger partial charge in [0.1, 0.15) is 24.1 Å². The van der Waals surface area contributed by atoms with Crippen LogP contribution < -0.4 is 0 Å². The lowest BCUT2D eigenvalue weighted by Gasteiger charge is -2.34. The Morgan fingerprint density at radius 2 is 1.69 bits per heavy atom. The summed E-state index contributed by atoms with van der Waals surface area (Å²) < 4.78 is 22.3. The Kier molecular flexibility index (Phi) is 18.5. The highest BCUT2D eigenvalue weighted by atomic mass is 16.6. The van der Waals surface area contributed by atoms with Crippen molar-refractivity contribution in [3.05, 3.63) is 59.4 Å². The topological polar surface area (TPSA) is 186 Å². The van der Waals surface area contributed by atoms with Crippen molar-refractivity contribution >= 4 is 23.7 Å². The third-order valence-corrected chi connectivity index (χ3v) is 9.05. The van der Waals surface area contributed by atoms with Gasteiger partial charge >= 0.3 is 17.9 Å². The van der Waals surface area contributed by atoms with Crippen LogP contribution in [0, 0.1) is 29.6 Å². The first-order valence-electron chi connectivity index (χ1n) is 16.5. The molecule has 1 rings (SSSR count). The molecule has 1 heterocycles. The molecule has 0 aromatic carbocycles. The molecule has 0 bridgehead atoms. The van der Waals surface area contributed by atoms with E-state index >= 15 is 0 Å². The second-order valence-corrected chi connectivity index (χ2v) is 13.2. The maximum atomic E-state index is 13.5. The predicted octanol–water partition coefficient (Wildman–Crippen LogP) is 4.09. The van der Waals surface area contributed by atoms with Gasteiger partial charge in [-0.3, -0.25) is 4.79 Å². The Bertz CT molecular complexity index is 1280. The summed E-state index contributed by atoms with van der Waals surface area (Å²) in [5.41, 5.74) is 1.67. The summed E-state index contributed by atoms with van der Waals surface area (Å²) in [7, 11) is 2.75. The third-order valence-electron chi connectivity index (χ3n) is 9.05. The van der Waals surface area contributed by atoms with E-state index in [1.807, 2.05) is 32.9 Å². The van der Waals surface area contributed by atoms with Crippen molar-refractivity contribution in [3.63, 3.8) is 0 Å². The molecule has 0 aliphatic carbocycles. The van der Waals surface area contributed by atoms with Crippen LogP contribution in [-0.4, -0.2) is 95.0 Å². The molecule has 0 saturated heterocycles. The number of aliphatic carboxylic acids is 1. The number of Topliss-reactive ketones (excluding diaryl/α,β-unsaturated/α-hetero) is 1. The number of ether oxygens (including phenoxy) is 4. The highest BCUT2D eigenvalue weighted by molar-refractivity contribution is 5.91. The standard InChI is InChI=1S/C37H56O12/c1-20-12-11-13-29(46-9)36(49-37(45)31(47-10)18-21(2)17-23(4)34(43)22(3)16-20)26(7)35(44)25(6)28(39)19-30(24(5)27(8)38)48-33(42)15-14-32(40)41/h11-15,17-18,22-27,29-30,34-36,38,43-44H,16,19H2,1-10H3,(H,40,41)/b13-11+,15-14+,20-12+,21-17+,31-18-/t22-,23+,24+,25+,26-,27+,29-,30+,34-,35-,36+/m0/s1. The van der Waals surface area contributed by atoms with Crippen molar-refractivity contribution in [1.29, 1.82) is 0 Å². The molecule has 11 atom stereocenters. The number of carbonyl (C=O) groups excluding carboxylic acids is 3. The van der Waals surface area contributed by atoms with E-state index in [9.17, 15) is 34.5 Å². The molecule has 0 aromatic rings. The van der Waals surface area contributed by atoms with E-state index in [0.717, 1.165) is 5.57 Å². The van der Waals surface area contributed by atoms with E-state index in [-0.39, 0.29) is 24.0 Å². The number of aliphatic hydroxyl groups is 3. The summed E-state index contributed by atoms with van der Waals surface area (Å²) in [6.07, 6.45) is 4.15. The molecule has 276 valence electrons. The number of rotatable bonds is 13. The van der Waals surface area contributed by atoms with E-state index in [2.05, 4.69) is 0 Å². The first-order chi connectivity index (χ1) is 22.8. The third kappa shape index (κ3) is 14.1. The Labute approximate surface area is 290 Å². The molecule has 1 aliphatic rings. The Balaban J connectivity index is 3.49. The number of allylic oxidation sites excluding steroid dienone is 5. The quantitative estimate of drug-likeness (QED) is 0.160. The van der Waals surface area contributed by atoms with Gasteiger partial charge in [0.15, 0.2) is 0 Å². The van der Waals surface area contributed by atoms with Crippen LogP contribution in [0.15, 0.2) is 59.4 Å². The van der Waals surface area contributed by atoms with Gasteiger partial charge in [-0.25, -0.2) is 14.4 Å². The second-order valence-electron chi connectivity index (χ2n) is 13.2. The largest absolute Gasteiger partial charge is 0.490 e. The zero-order chi connectivity index (χ0) is 37.6. The number of cyclic esters (lactones) is 1. The lowest BCUT2D eigenvalue weighted by atomic mass is 9.82. The number of hydrogen-bond donors (Lipinski definition) is 4. The van der Waals surface area contributed by atoms with Gasteiger partial charge in [0, 0.05) is 49.4 Å². The molecule has 0 unspecified atom stereocenters. The number of carboxylic acid groups (broad SMARTS) is 1. The second kappa shape index (κ2) is 20.8. The summed E-state index contributed by atoms with van der Waals surface area (Å²) in [5.74, 6) is -6.71. The fourth-order valence-corrected chi connectivity index (χ4v) is 5.69. The molecular formula is C37H56O12. The summed E-state index contributed by atoms with van der Waals surface area (Å²) in [6, 6.07) is 0. The van der Waals surface area contributed by atoms with Crippen LogP contribution in [-0.2, 0) is 38.1 Å². The van der Waals surface area contributed by atoms with Crippen LogP contribution in [0.4, 0.5) is 0 Å². The average Bonchev–Trinajstić information content (AvgIpc) is 3.04. The molecule has 0 fully saturated rings. The monoisotopic (exact) mass is 692 g/mol. The molecule has 49 heavy (non-hydrogen) atoms. The molecule has 1 aliphatic heterocycles. The average molecular weight is 693 g/mol. The number of aliphatic hydroxyl groups excluding tert-OH is 3. The van der Waals surface area contributed by atoms with Gasteiger partial charge in [0.05, 0.1) is 25.4 Å². The van der Waals surface area contributed by atoms with Gasteiger partial charge in [-0.15, -0.1) is 0 Å². The van der Waals surface area contributed by atoms with E-state index in [4.69, 9.17) is 24.1 Å². The molecule has 12 heteroatoms. The minimum Gasteiger partial charge on any atom is -0.490 e. The fourth-order valence-electron chi connectivity index (χ4n) is 5.69. The van der Waals surface area contributed by atoms with Crippen molar-refractivity contribution < 1.29 is 58.6 Å². The van der Waals surface area contributed by atoms with Gasteiger partial charge < -0.3 is 39.4 Å². The van der Waals surface area contributed by atoms with Crippen LogP contribution in [0.2, 0.25) is 0 Å². The highest BCUT2D eigenvalue weighted by Crippen LogP contribution is 2.28. The maximum absolute atomic E-state index is 13.5. The van der Waals surface area contributed by atoms with Crippen LogP contribution in [0.3, 0.4) is 0 Å². The van der Waals surface area contributed by atoms with Gasteiger partial charge in [0.25, 0.3) is 0 Å². The first kappa shape index (κ1) is 43.4. The van der Waals surface area contributed by atoms with Gasteiger partial charge in [-0.05, 0) is 39.2 Å². The zero-order valence-electron chi connectivity index (χ0n) is 30.4. The van der Waals surface area contributed by atoms with Crippen LogP contribution in [0.1, 0.15) is 68.2 Å². The lowest BCUT2D eigenvalue weighted by Crippen LogP contribution is -2.46. The Morgan fingerprint density at radius 3 is 2.24 bits per heavy atom.